The first kappa shape index (κ1) is 17.0. The van der Waals surface area contributed by atoms with Crippen molar-refractivity contribution in [2.45, 2.75) is 44.3 Å². The van der Waals surface area contributed by atoms with E-state index in [9.17, 15) is 4.79 Å². The van der Waals surface area contributed by atoms with Gasteiger partial charge in [-0.05, 0) is 42.7 Å². The molecule has 144 valence electrons. The molecule has 1 unspecified atom stereocenters. The Hall–Kier alpha value is -3.13. The number of hydrogen-bond acceptors (Lipinski definition) is 6. The Balaban J connectivity index is 1.48. The molecule has 6 N–H and O–H groups in total. The van der Waals surface area contributed by atoms with Crippen LogP contribution in [0.1, 0.15) is 41.6 Å². The van der Waals surface area contributed by atoms with E-state index in [1.807, 2.05) is 24.3 Å². The van der Waals surface area contributed by atoms with E-state index in [-0.39, 0.29) is 18.0 Å². The van der Waals surface area contributed by atoms with E-state index >= 15 is 0 Å². The first-order valence-electron chi connectivity index (χ1n) is 9.72. The number of fused-ring (bicyclic) bond motifs is 2. The lowest BCUT2D eigenvalue weighted by molar-refractivity contribution is 0.0966. The number of anilines is 3. The molecule has 2 aromatic heterocycles. The zero-order valence-electron chi connectivity index (χ0n) is 15.5. The molecule has 8 nitrogen and oxygen atoms in total. The van der Waals surface area contributed by atoms with E-state index in [0.717, 1.165) is 40.8 Å². The third-order valence-electron chi connectivity index (χ3n) is 5.62. The van der Waals surface area contributed by atoms with Crippen LogP contribution in [0.15, 0.2) is 30.5 Å². The number of nitrogens with zero attached hydrogens (tertiary/aromatic N) is 2. The summed E-state index contributed by atoms with van der Waals surface area (Å²) >= 11 is 0. The topological polar surface area (TPSA) is 121 Å². The minimum absolute atomic E-state index is 0.103. The van der Waals surface area contributed by atoms with Gasteiger partial charge in [-0.1, -0.05) is 12.8 Å². The number of hydrogen-bond donors (Lipinski definition) is 5. The fourth-order valence-corrected chi connectivity index (χ4v) is 4.10. The molecule has 0 bridgehead atoms. The quantitative estimate of drug-likeness (QED) is 0.477. The molecule has 0 spiro atoms. The van der Waals surface area contributed by atoms with Crippen LogP contribution in [0.3, 0.4) is 0 Å². The van der Waals surface area contributed by atoms with Crippen LogP contribution >= 0.6 is 0 Å². The lowest BCUT2D eigenvalue weighted by Gasteiger charge is -2.30. The van der Waals surface area contributed by atoms with Crippen LogP contribution in [0.4, 0.5) is 17.3 Å². The molecule has 1 aliphatic heterocycles. The number of carbonyl (C=O) groups excluding carboxylic acids is 1. The standard InChI is InChI=1S/C20H23N7O/c21-14-3-1-2-4-15(14)25-17-7-12-9-22-20(28)18(12)19(26-17)24-13-6-5-11-10-23-27-16(11)8-13/h5-8,10,14-15H,1-4,9,21H2,(H,22,28)(H,23,27)(H2,24,25,26)/t14?,15-/m1/s1. The van der Waals surface area contributed by atoms with Crippen molar-refractivity contribution >= 4 is 34.1 Å². The highest BCUT2D eigenvalue weighted by Crippen LogP contribution is 2.30. The molecule has 8 heteroatoms. The average molecular weight is 377 g/mol. The molecule has 2 atom stereocenters. The van der Waals surface area contributed by atoms with Crippen molar-refractivity contribution in [3.8, 4) is 0 Å². The van der Waals surface area contributed by atoms with Gasteiger partial charge in [0.25, 0.3) is 5.91 Å². The van der Waals surface area contributed by atoms with E-state index in [4.69, 9.17) is 10.7 Å². The zero-order valence-corrected chi connectivity index (χ0v) is 15.5. The van der Waals surface area contributed by atoms with Crippen molar-refractivity contribution in [2.75, 3.05) is 10.6 Å². The maximum atomic E-state index is 12.4. The summed E-state index contributed by atoms with van der Waals surface area (Å²) < 4.78 is 0. The first-order valence-corrected chi connectivity index (χ1v) is 9.72. The van der Waals surface area contributed by atoms with Gasteiger partial charge in [-0.3, -0.25) is 9.89 Å². The van der Waals surface area contributed by atoms with Crippen LogP contribution < -0.4 is 21.7 Å². The molecule has 3 aromatic rings. The number of carbonyl (C=O) groups is 1. The van der Waals surface area contributed by atoms with Gasteiger partial charge >= 0.3 is 0 Å². The summed E-state index contributed by atoms with van der Waals surface area (Å²) in [5, 5.41) is 17.7. The first-order chi connectivity index (χ1) is 13.7. The number of amides is 1. The van der Waals surface area contributed by atoms with Crippen LogP contribution in [-0.2, 0) is 6.54 Å². The maximum absolute atomic E-state index is 12.4. The lowest BCUT2D eigenvalue weighted by atomic mass is 9.91. The minimum atomic E-state index is -0.103. The molecule has 2 aliphatic rings. The predicted molar refractivity (Wildman–Crippen MR) is 109 cm³/mol. The molecular formula is C20H23N7O. The van der Waals surface area contributed by atoms with Gasteiger partial charge in [-0.2, -0.15) is 5.10 Å². The number of nitrogens with one attached hydrogen (secondary N) is 4. The van der Waals surface area contributed by atoms with Crippen LogP contribution in [0.2, 0.25) is 0 Å². The molecule has 1 fully saturated rings. The summed E-state index contributed by atoms with van der Waals surface area (Å²) in [5.41, 5.74) is 9.60. The normalized spacial score (nSPS) is 21.4. The third-order valence-corrected chi connectivity index (χ3v) is 5.62. The highest BCUT2D eigenvalue weighted by Gasteiger charge is 2.27. The number of nitrogens with two attached hydrogens (primary N) is 1. The molecule has 3 heterocycles. The minimum Gasteiger partial charge on any atom is -0.366 e. The molecule has 0 radical (unpaired) electrons. The average Bonchev–Trinajstić information content (AvgIpc) is 3.30. The van der Waals surface area contributed by atoms with E-state index in [2.05, 4.69) is 26.1 Å². The van der Waals surface area contributed by atoms with Crippen molar-refractivity contribution in [3.63, 3.8) is 0 Å². The van der Waals surface area contributed by atoms with Crippen molar-refractivity contribution < 1.29 is 4.79 Å². The smallest absolute Gasteiger partial charge is 0.255 e. The summed E-state index contributed by atoms with van der Waals surface area (Å²) in [6.45, 7) is 0.510. The zero-order chi connectivity index (χ0) is 19.1. The Labute approximate surface area is 162 Å². The molecular weight excluding hydrogens is 354 g/mol. The van der Waals surface area contributed by atoms with Crippen molar-refractivity contribution in [1.82, 2.24) is 20.5 Å². The summed E-state index contributed by atoms with van der Waals surface area (Å²) in [7, 11) is 0. The summed E-state index contributed by atoms with van der Waals surface area (Å²) in [6, 6.07) is 8.18. The van der Waals surface area contributed by atoms with Gasteiger partial charge in [0, 0.05) is 29.7 Å². The van der Waals surface area contributed by atoms with Crippen molar-refractivity contribution in [3.05, 3.63) is 41.6 Å². The number of aromatic amines is 1. The Kier molecular flexibility index (Phi) is 4.12. The van der Waals surface area contributed by atoms with Gasteiger partial charge in [0.1, 0.15) is 11.6 Å². The fraction of sp³-hybridized carbons (Fsp3) is 0.350. The number of pyridine rings is 1. The lowest BCUT2D eigenvalue weighted by Crippen LogP contribution is -2.42. The Morgan fingerprint density at radius 1 is 1.18 bits per heavy atom. The van der Waals surface area contributed by atoms with Crippen molar-refractivity contribution in [1.29, 1.82) is 0 Å². The molecule has 1 aliphatic carbocycles. The summed E-state index contributed by atoms with van der Waals surface area (Å²) in [4.78, 5) is 17.1. The largest absolute Gasteiger partial charge is 0.366 e. The molecule has 0 saturated heterocycles. The van der Waals surface area contributed by atoms with E-state index < -0.39 is 0 Å². The Morgan fingerprint density at radius 2 is 2.07 bits per heavy atom. The fourth-order valence-electron chi connectivity index (χ4n) is 4.10. The molecule has 1 aromatic carbocycles. The molecule has 28 heavy (non-hydrogen) atoms. The Bertz CT molecular complexity index is 1040. The Morgan fingerprint density at radius 3 is 2.96 bits per heavy atom. The second kappa shape index (κ2) is 6.79. The highest BCUT2D eigenvalue weighted by atomic mass is 16.1. The predicted octanol–water partition coefficient (Wildman–Crippen LogP) is 2.63. The highest BCUT2D eigenvalue weighted by molar-refractivity contribution is 6.03. The number of H-pyrrole nitrogens is 1. The van der Waals surface area contributed by atoms with E-state index in [1.54, 1.807) is 6.20 Å². The maximum Gasteiger partial charge on any atom is 0.255 e. The second-order valence-corrected chi connectivity index (χ2v) is 7.57. The van der Waals surface area contributed by atoms with Crippen LogP contribution in [-0.4, -0.2) is 33.2 Å². The third kappa shape index (κ3) is 3.05. The number of benzene rings is 1. The molecule has 1 amide bonds. The number of rotatable bonds is 4. The van der Waals surface area contributed by atoms with E-state index in [0.29, 0.717) is 17.9 Å². The number of aromatic nitrogens is 3. The summed E-state index contributed by atoms with van der Waals surface area (Å²) in [5.74, 6) is 1.20. The van der Waals surface area contributed by atoms with Gasteiger partial charge in [0.15, 0.2) is 0 Å². The van der Waals surface area contributed by atoms with Gasteiger partial charge in [-0.15, -0.1) is 0 Å². The van der Waals surface area contributed by atoms with Gasteiger partial charge in [0.2, 0.25) is 0 Å². The van der Waals surface area contributed by atoms with Gasteiger partial charge < -0.3 is 21.7 Å². The summed E-state index contributed by atoms with van der Waals surface area (Å²) in [6.07, 6.45) is 6.19. The monoisotopic (exact) mass is 377 g/mol. The van der Waals surface area contributed by atoms with E-state index in [1.165, 1.54) is 12.8 Å². The molecule has 5 rings (SSSR count). The van der Waals surface area contributed by atoms with Crippen LogP contribution in [0.25, 0.3) is 10.9 Å². The van der Waals surface area contributed by atoms with Crippen molar-refractivity contribution in [2.24, 2.45) is 5.73 Å². The van der Waals surface area contributed by atoms with Crippen LogP contribution in [0, 0.1) is 0 Å². The van der Waals surface area contributed by atoms with Gasteiger partial charge in [0.05, 0.1) is 17.3 Å². The second-order valence-electron chi connectivity index (χ2n) is 7.57. The van der Waals surface area contributed by atoms with Crippen LogP contribution in [0.5, 0.6) is 0 Å². The van der Waals surface area contributed by atoms with Gasteiger partial charge in [-0.25, -0.2) is 4.98 Å². The SMILES string of the molecule is NC1CCCC[C@H]1Nc1cc2c(c(Nc3ccc4cn[nH]c4c3)n1)C(=O)NC2. The molecule has 1 saturated carbocycles.